The van der Waals surface area contributed by atoms with Crippen molar-refractivity contribution in [1.82, 2.24) is 5.32 Å². The molecule has 13 heavy (non-hydrogen) atoms. The van der Waals surface area contributed by atoms with Crippen molar-refractivity contribution < 1.29 is 9.59 Å². The van der Waals surface area contributed by atoms with E-state index in [1.165, 1.54) is 0 Å². The second-order valence-electron chi connectivity index (χ2n) is 2.59. The Morgan fingerprint density at radius 3 is 2.46 bits per heavy atom. The molecule has 0 aromatic rings. The second-order valence-corrected chi connectivity index (χ2v) is 2.59. The molecule has 1 fully saturated rings. The summed E-state index contributed by atoms with van der Waals surface area (Å²) in [5, 5.41) is 2.48. The van der Waals surface area contributed by atoms with E-state index in [0.29, 0.717) is 11.3 Å². The van der Waals surface area contributed by atoms with Crippen molar-refractivity contribution in [3.63, 3.8) is 0 Å². The molecule has 3 heteroatoms. The maximum atomic E-state index is 11.2. The number of hydrogen-bond donors (Lipinski definition) is 1. The summed E-state index contributed by atoms with van der Waals surface area (Å²) in [6, 6.07) is 0. The standard InChI is InChI=1S/C10H11NO2/c1-3-5-6-7-8(4-2)11-10(13)9(7)12/h3-6H,1-2H3,(H,11,13)/b5-3-,7-6+,8-4+. The first-order chi connectivity index (χ1) is 6.20. The van der Waals surface area contributed by atoms with Crippen LogP contribution in [0.3, 0.4) is 0 Å². The van der Waals surface area contributed by atoms with E-state index in [4.69, 9.17) is 0 Å². The number of carbonyl (C=O) groups excluding carboxylic acids is 2. The molecule has 1 amide bonds. The van der Waals surface area contributed by atoms with E-state index in [1.807, 2.05) is 6.92 Å². The zero-order chi connectivity index (χ0) is 9.84. The van der Waals surface area contributed by atoms with Crippen LogP contribution in [0.25, 0.3) is 0 Å². The van der Waals surface area contributed by atoms with Crippen molar-refractivity contribution in [2.24, 2.45) is 0 Å². The van der Waals surface area contributed by atoms with E-state index in [2.05, 4.69) is 5.32 Å². The Morgan fingerprint density at radius 2 is 1.92 bits per heavy atom. The van der Waals surface area contributed by atoms with Gasteiger partial charge in [-0.1, -0.05) is 18.2 Å². The fourth-order valence-corrected chi connectivity index (χ4v) is 1.08. The lowest BCUT2D eigenvalue weighted by Gasteiger charge is -1.93. The molecule has 3 nitrogen and oxygen atoms in total. The lowest BCUT2D eigenvalue weighted by Crippen LogP contribution is -2.17. The van der Waals surface area contributed by atoms with Crippen molar-refractivity contribution in [2.45, 2.75) is 13.8 Å². The van der Waals surface area contributed by atoms with Gasteiger partial charge in [0.25, 0.3) is 11.7 Å². The lowest BCUT2D eigenvalue weighted by molar-refractivity contribution is -0.133. The average molecular weight is 177 g/mol. The van der Waals surface area contributed by atoms with Crippen LogP contribution >= 0.6 is 0 Å². The van der Waals surface area contributed by atoms with Crippen LogP contribution in [0.5, 0.6) is 0 Å². The first kappa shape index (κ1) is 9.45. The Bertz CT molecular complexity index is 335. The molecule has 0 spiro atoms. The predicted molar refractivity (Wildman–Crippen MR) is 49.8 cm³/mol. The molecule has 1 saturated heterocycles. The minimum Gasteiger partial charge on any atom is -0.319 e. The van der Waals surface area contributed by atoms with E-state index < -0.39 is 11.7 Å². The third kappa shape index (κ3) is 1.75. The molecule has 0 aromatic carbocycles. The Balaban J connectivity index is 3.06. The molecule has 0 saturated carbocycles. The van der Waals surface area contributed by atoms with Crippen molar-refractivity contribution >= 4 is 11.7 Å². The molecule has 0 atom stereocenters. The Labute approximate surface area is 76.8 Å². The Hall–Kier alpha value is -1.64. The van der Waals surface area contributed by atoms with Gasteiger partial charge in [0, 0.05) is 5.70 Å². The number of hydrogen-bond acceptors (Lipinski definition) is 2. The van der Waals surface area contributed by atoms with Gasteiger partial charge in [-0.15, -0.1) is 0 Å². The van der Waals surface area contributed by atoms with E-state index in [9.17, 15) is 9.59 Å². The van der Waals surface area contributed by atoms with Crippen molar-refractivity contribution in [2.75, 3.05) is 0 Å². The van der Waals surface area contributed by atoms with Gasteiger partial charge in [0.1, 0.15) is 0 Å². The summed E-state index contributed by atoms with van der Waals surface area (Å²) in [4.78, 5) is 22.2. The Morgan fingerprint density at radius 1 is 1.23 bits per heavy atom. The van der Waals surface area contributed by atoms with Gasteiger partial charge in [-0.2, -0.15) is 0 Å². The third-order valence-electron chi connectivity index (χ3n) is 1.73. The maximum absolute atomic E-state index is 11.2. The topological polar surface area (TPSA) is 46.2 Å². The van der Waals surface area contributed by atoms with Gasteiger partial charge in [0.05, 0.1) is 5.57 Å². The van der Waals surface area contributed by atoms with Crippen LogP contribution in [-0.4, -0.2) is 11.7 Å². The summed E-state index contributed by atoms with van der Waals surface area (Å²) in [6.07, 6.45) is 6.88. The summed E-state index contributed by atoms with van der Waals surface area (Å²) in [6.45, 7) is 3.62. The molecule has 0 radical (unpaired) electrons. The van der Waals surface area contributed by atoms with Gasteiger partial charge >= 0.3 is 0 Å². The number of ketones is 1. The van der Waals surface area contributed by atoms with Crippen LogP contribution in [0.4, 0.5) is 0 Å². The number of Topliss-reactive ketones (excluding diaryl/α,β-unsaturated/α-hetero) is 1. The second kappa shape index (κ2) is 3.85. The average Bonchev–Trinajstić information content (AvgIpc) is 2.40. The van der Waals surface area contributed by atoms with Crippen LogP contribution in [0.1, 0.15) is 13.8 Å². The molecule has 0 bridgehead atoms. The fourth-order valence-electron chi connectivity index (χ4n) is 1.08. The molecular weight excluding hydrogens is 166 g/mol. The SMILES string of the molecule is C\C=C/C=C1/C(=O)C(=O)N/C1=C/C. The first-order valence-electron chi connectivity index (χ1n) is 4.06. The third-order valence-corrected chi connectivity index (χ3v) is 1.73. The highest BCUT2D eigenvalue weighted by Crippen LogP contribution is 2.15. The molecular formula is C10H11NO2. The minimum atomic E-state index is -0.552. The van der Waals surface area contributed by atoms with Crippen LogP contribution in [-0.2, 0) is 9.59 Å². The minimum absolute atomic E-state index is 0.436. The first-order valence-corrected chi connectivity index (χ1v) is 4.06. The van der Waals surface area contributed by atoms with Gasteiger partial charge < -0.3 is 5.32 Å². The number of amides is 1. The summed E-state index contributed by atoms with van der Waals surface area (Å²) in [7, 11) is 0. The highest BCUT2D eigenvalue weighted by Gasteiger charge is 2.29. The maximum Gasteiger partial charge on any atom is 0.296 e. The molecule has 0 aromatic heterocycles. The normalized spacial score (nSPS) is 23.5. The van der Waals surface area contributed by atoms with Crippen LogP contribution in [0, 0.1) is 0 Å². The smallest absolute Gasteiger partial charge is 0.296 e. The lowest BCUT2D eigenvalue weighted by atomic mass is 10.1. The monoisotopic (exact) mass is 177 g/mol. The zero-order valence-electron chi connectivity index (χ0n) is 7.63. The number of allylic oxidation sites excluding steroid dienone is 5. The molecule has 1 heterocycles. The highest BCUT2D eigenvalue weighted by atomic mass is 16.2. The van der Waals surface area contributed by atoms with Crippen molar-refractivity contribution in [1.29, 1.82) is 0 Å². The summed E-state index contributed by atoms with van der Waals surface area (Å²) < 4.78 is 0. The fraction of sp³-hybridized carbons (Fsp3) is 0.200. The van der Waals surface area contributed by atoms with Gasteiger partial charge in [0.2, 0.25) is 0 Å². The van der Waals surface area contributed by atoms with E-state index in [0.717, 1.165) is 0 Å². The molecule has 0 aliphatic carbocycles. The van der Waals surface area contributed by atoms with E-state index in [1.54, 1.807) is 31.2 Å². The predicted octanol–water partition coefficient (Wildman–Crippen LogP) is 1.09. The van der Waals surface area contributed by atoms with Gasteiger partial charge in [-0.25, -0.2) is 0 Å². The van der Waals surface area contributed by atoms with Crippen LogP contribution < -0.4 is 5.32 Å². The molecule has 1 aliphatic heterocycles. The van der Waals surface area contributed by atoms with Gasteiger partial charge in [-0.05, 0) is 19.9 Å². The number of carbonyl (C=O) groups is 2. The molecule has 1 rings (SSSR count). The molecule has 1 aliphatic rings. The summed E-state index contributed by atoms with van der Waals surface area (Å²) in [5.41, 5.74) is 1.03. The molecule has 68 valence electrons. The number of nitrogens with one attached hydrogen (secondary N) is 1. The largest absolute Gasteiger partial charge is 0.319 e. The highest BCUT2D eigenvalue weighted by molar-refractivity contribution is 6.47. The van der Waals surface area contributed by atoms with Crippen LogP contribution in [0.2, 0.25) is 0 Å². The van der Waals surface area contributed by atoms with Gasteiger partial charge in [-0.3, -0.25) is 9.59 Å². The van der Waals surface area contributed by atoms with Crippen molar-refractivity contribution in [3.8, 4) is 0 Å². The van der Waals surface area contributed by atoms with E-state index >= 15 is 0 Å². The zero-order valence-corrected chi connectivity index (χ0v) is 7.63. The number of rotatable bonds is 1. The van der Waals surface area contributed by atoms with Crippen molar-refractivity contribution in [3.05, 3.63) is 35.6 Å². The quantitative estimate of drug-likeness (QED) is 0.481. The molecule has 1 N–H and O–H groups in total. The molecule has 0 unspecified atom stereocenters. The summed E-state index contributed by atoms with van der Waals surface area (Å²) >= 11 is 0. The summed E-state index contributed by atoms with van der Waals surface area (Å²) in [5.74, 6) is -1.02. The van der Waals surface area contributed by atoms with E-state index in [-0.39, 0.29) is 0 Å². The Kier molecular flexibility index (Phi) is 2.80. The van der Waals surface area contributed by atoms with Crippen LogP contribution in [0.15, 0.2) is 35.6 Å². The van der Waals surface area contributed by atoms with Gasteiger partial charge in [0.15, 0.2) is 0 Å².